The summed E-state index contributed by atoms with van der Waals surface area (Å²) in [6, 6.07) is 10.5. The molecule has 1 atom stereocenters. The van der Waals surface area contributed by atoms with E-state index in [1.807, 2.05) is 44.7 Å². The quantitative estimate of drug-likeness (QED) is 0.537. The third-order valence-electron chi connectivity index (χ3n) is 5.79. The van der Waals surface area contributed by atoms with Crippen LogP contribution in [-0.4, -0.2) is 47.2 Å². The van der Waals surface area contributed by atoms with Crippen LogP contribution >= 0.6 is 0 Å². The van der Waals surface area contributed by atoms with Gasteiger partial charge in [-0.1, -0.05) is 32.9 Å². The van der Waals surface area contributed by atoms with Crippen molar-refractivity contribution in [3.05, 3.63) is 53.6 Å². The number of rotatable bonds is 1. The zero-order chi connectivity index (χ0) is 24.0. The van der Waals surface area contributed by atoms with Crippen LogP contribution < -0.4 is 4.74 Å². The lowest BCUT2D eigenvalue weighted by molar-refractivity contribution is -0.138. The average Bonchev–Trinajstić information content (AvgIpc) is 2.87. The number of halogens is 3. The molecule has 2 aromatic carbocycles. The van der Waals surface area contributed by atoms with E-state index in [4.69, 9.17) is 9.73 Å². The van der Waals surface area contributed by atoms with Crippen LogP contribution in [0, 0.1) is 5.41 Å². The van der Waals surface area contributed by atoms with Gasteiger partial charge in [0.2, 0.25) is 5.91 Å². The molecule has 1 unspecified atom stereocenters. The Morgan fingerprint density at radius 2 is 1.82 bits per heavy atom. The molecule has 0 N–H and O–H groups in total. The predicted octanol–water partition coefficient (Wildman–Crippen LogP) is 5.86. The third kappa shape index (κ3) is 4.99. The van der Waals surface area contributed by atoms with Crippen molar-refractivity contribution in [1.82, 2.24) is 9.80 Å². The number of hydrogen-bond donors (Lipinski definition) is 0. The van der Waals surface area contributed by atoms with Crippen LogP contribution in [0.2, 0.25) is 0 Å². The number of aliphatic imine (C=N–C) groups is 1. The maximum absolute atomic E-state index is 13.2. The molecule has 1 amide bonds. The second-order valence-electron chi connectivity index (χ2n) is 9.83. The topological polar surface area (TPSA) is 45.1 Å². The number of hydrogen-bond acceptors (Lipinski definition) is 4. The summed E-state index contributed by atoms with van der Waals surface area (Å²) in [5, 5.41) is 0. The Kier molecular flexibility index (Phi) is 5.88. The molecule has 8 heteroatoms. The summed E-state index contributed by atoms with van der Waals surface area (Å²) in [6.07, 6.45) is -3.99. The molecule has 2 aliphatic heterocycles. The second-order valence-corrected chi connectivity index (χ2v) is 9.83. The molecular formula is C25H28F3N3O2. The SMILES string of the molecule is CC1CN(C2=Nc3ccc(C(F)(F)F)cc3Oc3ccccc32)CCN1C(=O)CC(C)(C)C. The van der Waals surface area contributed by atoms with Gasteiger partial charge in [-0.25, -0.2) is 4.99 Å². The fraction of sp³-hybridized carbons (Fsp3) is 0.440. The zero-order valence-electron chi connectivity index (χ0n) is 19.2. The normalized spacial score (nSPS) is 18.6. The molecule has 1 saturated heterocycles. The van der Waals surface area contributed by atoms with Gasteiger partial charge in [0.1, 0.15) is 17.3 Å². The van der Waals surface area contributed by atoms with Crippen LogP contribution in [-0.2, 0) is 11.0 Å². The Bertz CT molecular complexity index is 1090. The maximum Gasteiger partial charge on any atom is 0.416 e. The first-order valence-electron chi connectivity index (χ1n) is 11.0. The van der Waals surface area contributed by atoms with Crippen molar-refractivity contribution < 1.29 is 22.7 Å². The molecule has 0 bridgehead atoms. The lowest BCUT2D eigenvalue weighted by Gasteiger charge is -2.42. The van der Waals surface area contributed by atoms with E-state index in [0.717, 1.165) is 12.1 Å². The number of ether oxygens (including phenoxy) is 1. The fourth-order valence-electron chi connectivity index (χ4n) is 4.21. The molecule has 0 spiro atoms. The van der Waals surface area contributed by atoms with Crippen LogP contribution in [0.25, 0.3) is 0 Å². The van der Waals surface area contributed by atoms with E-state index in [9.17, 15) is 18.0 Å². The highest BCUT2D eigenvalue weighted by Crippen LogP contribution is 2.42. The number of alkyl halides is 3. The van der Waals surface area contributed by atoms with E-state index in [2.05, 4.69) is 4.90 Å². The van der Waals surface area contributed by atoms with Gasteiger partial charge in [0.25, 0.3) is 0 Å². The molecule has 0 radical (unpaired) electrons. The number of fused-ring (bicyclic) bond motifs is 2. The largest absolute Gasteiger partial charge is 0.454 e. The molecule has 0 aliphatic carbocycles. The zero-order valence-corrected chi connectivity index (χ0v) is 19.2. The van der Waals surface area contributed by atoms with Crippen LogP contribution in [0.1, 0.15) is 45.2 Å². The first kappa shape index (κ1) is 23.1. The van der Waals surface area contributed by atoms with E-state index in [0.29, 0.717) is 48.9 Å². The standard InChI is InChI=1S/C25H28F3N3O2/c1-16-15-30(11-12-31(16)22(32)14-24(2,3)4)23-18-7-5-6-8-20(18)33-21-13-17(25(26,27)28)9-10-19(21)29-23/h5-10,13,16H,11-12,14-15H2,1-4H3. The molecule has 0 saturated carbocycles. The van der Waals surface area contributed by atoms with Gasteiger partial charge in [-0.15, -0.1) is 0 Å². The monoisotopic (exact) mass is 459 g/mol. The van der Waals surface area contributed by atoms with Crippen molar-refractivity contribution in [2.45, 2.75) is 46.3 Å². The van der Waals surface area contributed by atoms with Crippen LogP contribution in [0.5, 0.6) is 11.5 Å². The van der Waals surface area contributed by atoms with Gasteiger partial charge in [-0.05, 0) is 42.7 Å². The Morgan fingerprint density at radius 1 is 1.09 bits per heavy atom. The van der Waals surface area contributed by atoms with Crippen molar-refractivity contribution in [3.63, 3.8) is 0 Å². The molecular weight excluding hydrogens is 431 g/mol. The van der Waals surface area contributed by atoms with Gasteiger partial charge in [-0.3, -0.25) is 4.79 Å². The molecule has 5 nitrogen and oxygen atoms in total. The van der Waals surface area contributed by atoms with E-state index in [1.165, 1.54) is 6.07 Å². The molecule has 33 heavy (non-hydrogen) atoms. The molecule has 4 rings (SSSR count). The van der Waals surface area contributed by atoms with Crippen molar-refractivity contribution in [2.75, 3.05) is 19.6 Å². The smallest absolute Gasteiger partial charge is 0.416 e. The minimum absolute atomic E-state index is 0.0280. The first-order valence-corrected chi connectivity index (χ1v) is 11.0. The number of piperazine rings is 1. The van der Waals surface area contributed by atoms with Gasteiger partial charge >= 0.3 is 6.18 Å². The maximum atomic E-state index is 13.2. The lowest BCUT2D eigenvalue weighted by Crippen LogP contribution is -2.56. The fourth-order valence-corrected chi connectivity index (χ4v) is 4.21. The average molecular weight is 460 g/mol. The molecule has 2 aromatic rings. The number of carbonyl (C=O) groups is 1. The summed E-state index contributed by atoms with van der Waals surface area (Å²) in [6.45, 7) is 9.84. The molecule has 0 aromatic heterocycles. The van der Waals surface area contributed by atoms with E-state index in [1.54, 1.807) is 12.1 Å². The van der Waals surface area contributed by atoms with Crippen LogP contribution in [0.4, 0.5) is 18.9 Å². The number of amidine groups is 1. The van der Waals surface area contributed by atoms with Crippen molar-refractivity contribution in [1.29, 1.82) is 0 Å². The number of amides is 1. The molecule has 2 heterocycles. The highest BCUT2D eigenvalue weighted by molar-refractivity contribution is 6.04. The number of benzene rings is 2. The number of nitrogens with zero attached hydrogens (tertiary/aromatic N) is 3. The van der Waals surface area contributed by atoms with Gasteiger partial charge in [0.15, 0.2) is 5.75 Å². The lowest BCUT2D eigenvalue weighted by atomic mass is 9.91. The summed E-state index contributed by atoms with van der Waals surface area (Å²) in [4.78, 5) is 21.5. The second kappa shape index (κ2) is 8.39. The van der Waals surface area contributed by atoms with Crippen LogP contribution in [0.3, 0.4) is 0 Å². The minimum atomic E-state index is -4.47. The summed E-state index contributed by atoms with van der Waals surface area (Å²) in [5.74, 6) is 1.29. The Balaban J connectivity index is 1.66. The van der Waals surface area contributed by atoms with Gasteiger partial charge in [-0.2, -0.15) is 13.2 Å². The minimum Gasteiger partial charge on any atom is -0.454 e. The Labute approximate surface area is 191 Å². The van der Waals surface area contributed by atoms with Gasteiger partial charge < -0.3 is 14.5 Å². The van der Waals surface area contributed by atoms with Crippen molar-refractivity contribution in [2.24, 2.45) is 10.4 Å². The van der Waals surface area contributed by atoms with Crippen molar-refractivity contribution in [3.8, 4) is 11.5 Å². The first-order chi connectivity index (χ1) is 15.4. The molecule has 2 aliphatic rings. The Hall–Kier alpha value is -3.03. The van der Waals surface area contributed by atoms with E-state index < -0.39 is 11.7 Å². The van der Waals surface area contributed by atoms with Gasteiger partial charge in [0, 0.05) is 32.1 Å². The van der Waals surface area contributed by atoms with Gasteiger partial charge in [0.05, 0.1) is 11.1 Å². The predicted molar refractivity (Wildman–Crippen MR) is 121 cm³/mol. The molecule has 176 valence electrons. The van der Waals surface area contributed by atoms with E-state index >= 15 is 0 Å². The highest BCUT2D eigenvalue weighted by Gasteiger charge is 2.34. The Morgan fingerprint density at radius 3 is 2.48 bits per heavy atom. The number of para-hydroxylation sites is 1. The summed E-state index contributed by atoms with van der Waals surface area (Å²) in [7, 11) is 0. The summed E-state index contributed by atoms with van der Waals surface area (Å²) in [5.41, 5.74) is 0.183. The summed E-state index contributed by atoms with van der Waals surface area (Å²) < 4.78 is 45.6. The van der Waals surface area contributed by atoms with Crippen molar-refractivity contribution >= 4 is 17.4 Å². The van der Waals surface area contributed by atoms with Crippen LogP contribution in [0.15, 0.2) is 47.5 Å². The highest BCUT2D eigenvalue weighted by atomic mass is 19.4. The molecule has 1 fully saturated rings. The third-order valence-corrected chi connectivity index (χ3v) is 5.79. The van der Waals surface area contributed by atoms with E-state index in [-0.39, 0.29) is 23.1 Å². The number of carbonyl (C=O) groups excluding carboxylic acids is 1. The summed E-state index contributed by atoms with van der Waals surface area (Å²) >= 11 is 0.